The lowest BCUT2D eigenvalue weighted by molar-refractivity contribution is -0.118. The summed E-state index contributed by atoms with van der Waals surface area (Å²) in [4.78, 5) is 17.0. The standard InChI is InChI=1S/C23H18Cl2N4OS/c24-18-11-9-16(10-12-18)13-26-28-22(30)15-31-23-27-20-7-3-4-8-21(20)29(23)14-17-5-1-2-6-19(17)25/h1-13H,14-15H2,(H,28,30)/b26-13-. The Morgan fingerprint density at radius 1 is 1.03 bits per heavy atom. The number of hydrazone groups is 1. The average molecular weight is 469 g/mol. The van der Waals surface area contributed by atoms with Crippen molar-refractivity contribution in [3.05, 3.63) is 94.0 Å². The zero-order valence-corrected chi connectivity index (χ0v) is 18.7. The highest BCUT2D eigenvalue weighted by Crippen LogP contribution is 2.27. The summed E-state index contributed by atoms with van der Waals surface area (Å²) < 4.78 is 2.07. The van der Waals surface area contributed by atoms with E-state index in [1.165, 1.54) is 11.8 Å². The van der Waals surface area contributed by atoms with Gasteiger partial charge in [0.05, 0.1) is 29.5 Å². The van der Waals surface area contributed by atoms with Crippen LogP contribution in [0.4, 0.5) is 0 Å². The first-order valence-electron chi connectivity index (χ1n) is 9.49. The van der Waals surface area contributed by atoms with E-state index in [0.717, 1.165) is 27.3 Å². The normalized spacial score (nSPS) is 11.3. The molecule has 1 N–H and O–H groups in total. The molecule has 3 aromatic carbocycles. The summed E-state index contributed by atoms with van der Waals surface area (Å²) in [6, 6.07) is 22.8. The molecule has 0 bridgehead atoms. The summed E-state index contributed by atoms with van der Waals surface area (Å²) in [5.41, 5.74) is 6.25. The lowest BCUT2D eigenvalue weighted by Crippen LogP contribution is -2.20. The van der Waals surface area contributed by atoms with E-state index in [1.807, 2.05) is 60.7 Å². The Morgan fingerprint density at radius 3 is 2.58 bits per heavy atom. The lowest BCUT2D eigenvalue weighted by Gasteiger charge is -2.10. The number of aromatic nitrogens is 2. The second-order valence-corrected chi connectivity index (χ2v) is 8.48. The van der Waals surface area contributed by atoms with Crippen molar-refractivity contribution >= 4 is 58.1 Å². The van der Waals surface area contributed by atoms with Crippen LogP contribution in [0.5, 0.6) is 0 Å². The van der Waals surface area contributed by atoms with Crippen LogP contribution in [0.25, 0.3) is 11.0 Å². The molecule has 0 fully saturated rings. The molecule has 5 nitrogen and oxygen atoms in total. The van der Waals surface area contributed by atoms with Crippen LogP contribution in [-0.4, -0.2) is 27.4 Å². The van der Waals surface area contributed by atoms with Gasteiger partial charge in [-0.2, -0.15) is 5.10 Å². The van der Waals surface area contributed by atoms with Gasteiger partial charge in [-0.05, 0) is 41.5 Å². The van der Waals surface area contributed by atoms with E-state index in [1.54, 1.807) is 18.3 Å². The summed E-state index contributed by atoms with van der Waals surface area (Å²) in [5.74, 6) is -0.0318. The molecule has 4 aromatic rings. The fraction of sp³-hybridized carbons (Fsp3) is 0.0870. The van der Waals surface area contributed by atoms with E-state index in [0.29, 0.717) is 16.6 Å². The van der Waals surface area contributed by atoms with Crippen molar-refractivity contribution < 1.29 is 4.79 Å². The van der Waals surface area contributed by atoms with Gasteiger partial charge in [-0.15, -0.1) is 0 Å². The van der Waals surface area contributed by atoms with Crippen molar-refractivity contribution in [2.75, 3.05) is 5.75 Å². The monoisotopic (exact) mass is 468 g/mol. The summed E-state index contributed by atoms with van der Waals surface area (Å²) in [6.07, 6.45) is 1.57. The predicted molar refractivity (Wildman–Crippen MR) is 128 cm³/mol. The van der Waals surface area contributed by atoms with Crippen LogP contribution in [0.3, 0.4) is 0 Å². The Morgan fingerprint density at radius 2 is 1.77 bits per heavy atom. The first kappa shape index (κ1) is 21.4. The third-order valence-corrected chi connectivity index (χ3v) is 6.11. The second-order valence-electron chi connectivity index (χ2n) is 6.69. The predicted octanol–water partition coefficient (Wildman–Crippen LogP) is 5.63. The molecule has 8 heteroatoms. The number of amides is 1. The number of halogens is 2. The highest BCUT2D eigenvalue weighted by Gasteiger charge is 2.14. The van der Waals surface area contributed by atoms with Gasteiger partial charge in [-0.25, -0.2) is 10.4 Å². The number of hydrogen-bond donors (Lipinski definition) is 1. The van der Waals surface area contributed by atoms with Crippen molar-refractivity contribution in [2.45, 2.75) is 11.7 Å². The molecule has 1 amide bonds. The molecule has 0 unspecified atom stereocenters. The minimum absolute atomic E-state index is 0.184. The minimum atomic E-state index is -0.216. The Balaban J connectivity index is 1.46. The molecule has 31 heavy (non-hydrogen) atoms. The zero-order valence-electron chi connectivity index (χ0n) is 16.3. The smallest absolute Gasteiger partial charge is 0.250 e. The van der Waals surface area contributed by atoms with E-state index >= 15 is 0 Å². The number of fused-ring (bicyclic) bond motifs is 1. The Hall–Kier alpha value is -2.80. The van der Waals surface area contributed by atoms with Crippen LogP contribution >= 0.6 is 35.0 Å². The van der Waals surface area contributed by atoms with Gasteiger partial charge in [0.25, 0.3) is 5.91 Å². The second kappa shape index (κ2) is 10.0. The molecule has 0 radical (unpaired) electrons. The van der Waals surface area contributed by atoms with Gasteiger partial charge in [0.15, 0.2) is 5.16 Å². The van der Waals surface area contributed by atoms with Crippen molar-refractivity contribution in [3.8, 4) is 0 Å². The third kappa shape index (κ3) is 5.47. The van der Waals surface area contributed by atoms with Gasteiger partial charge < -0.3 is 4.57 Å². The number of nitrogens with zero attached hydrogens (tertiary/aromatic N) is 3. The highest BCUT2D eigenvalue weighted by atomic mass is 35.5. The van der Waals surface area contributed by atoms with E-state index in [-0.39, 0.29) is 11.7 Å². The topological polar surface area (TPSA) is 59.3 Å². The summed E-state index contributed by atoms with van der Waals surface area (Å²) >= 11 is 13.6. The van der Waals surface area contributed by atoms with Crippen LogP contribution in [0.2, 0.25) is 10.0 Å². The molecule has 0 atom stereocenters. The molecule has 1 heterocycles. The number of carbonyl (C=O) groups excluding carboxylic acids is 1. The molecule has 4 rings (SSSR count). The van der Waals surface area contributed by atoms with Crippen LogP contribution in [0, 0.1) is 0 Å². The number of imidazole rings is 1. The molecule has 0 aliphatic heterocycles. The Bertz CT molecular complexity index is 1240. The summed E-state index contributed by atoms with van der Waals surface area (Å²) in [7, 11) is 0. The number of hydrogen-bond acceptors (Lipinski definition) is 4. The van der Waals surface area contributed by atoms with E-state index in [4.69, 9.17) is 28.2 Å². The summed E-state index contributed by atoms with van der Waals surface area (Å²) in [5, 5.41) is 6.10. The molecule has 0 aliphatic carbocycles. The largest absolute Gasteiger partial charge is 0.314 e. The van der Waals surface area contributed by atoms with Gasteiger partial charge in [0.2, 0.25) is 0 Å². The highest BCUT2D eigenvalue weighted by molar-refractivity contribution is 7.99. The van der Waals surface area contributed by atoms with Crippen LogP contribution in [-0.2, 0) is 11.3 Å². The van der Waals surface area contributed by atoms with Crippen LogP contribution < -0.4 is 5.43 Å². The first-order chi connectivity index (χ1) is 15.1. The number of benzene rings is 3. The Labute approximate surface area is 194 Å². The molecule has 0 spiro atoms. The van der Waals surface area contributed by atoms with Gasteiger partial charge in [0.1, 0.15) is 0 Å². The van der Waals surface area contributed by atoms with Crippen LogP contribution in [0.15, 0.2) is 83.1 Å². The molecule has 0 saturated carbocycles. The molecule has 0 saturated heterocycles. The zero-order chi connectivity index (χ0) is 21.6. The molecular formula is C23H18Cl2N4OS. The number of para-hydroxylation sites is 2. The van der Waals surface area contributed by atoms with E-state index < -0.39 is 0 Å². The first-order valence-corrected chi connectivity index (χ1v) is 11.2. The third-order valence-electron chi connectivity index (χ3n) is 4.51. The maximum absolute atomic E-state index is 12.3. The fourth-order valence-electron chi connectivity index (χ4n) is 3.00. The molecular weight excluding hydrogens is 451 g/mol. The van der Waals surface area contributed by atoms with Crippen molar-refractivity contribution in [2.24, 2.45) is 5.10 Å². The maximum Gasteiger partial charge on any atom is 0.250 e. The number of thioether (sulfide) groups is 1. The van der Waals surface area contributed by atoms with Crippen molar-refractivity contribution in [3.63, 3.8) is 0 Å². The number of rotatable bonds is 7. The molecule has 1 aromatic heterocycles. The summed E-state index contributed by atoms with van der Waals surface area (Å²) in [6.45, 7) is 0.568. The quantitative estimate of drug-likeness (QED) is 0.217. The van der Waals surface area contributed by atoms with Gasteiger partial charge in [-0.3, -0.25) is 4.79 Å². The van der Waals surface area contributed by atoms with Gasteiger partial charge >= 0.3 is 0 Å². The van der Waals surface area contributed by atoms with Gasteiger partial charge in [-0.1, -0.05) is 77.4 Å². The van der Waals surface area contributed by atoms with Gasteiger partial charge in [0, 0.05) is 10.0 Å². The fourth-order valence-corrected chi connectivity index (χ4v) is 4.13. The maximum atomic E-state index is 12.3. The average Bonchev–Trinajstić information content (AvgIpc) is 3.13. The number of nitrogens with one attached hydrogen (secondary N) is 1. The minimum Gasteiger partial charge on any atom is -0.314 e. The van der Waals surface area contributed by atoms with Crippen LogP contribution in [0.1, 0.15) is 11.1 Å². The molecule has 156 valence electrons. The number of carbonyl (C=O) groups is 1. The van der Waals surface area contributed by atoms with E-state index in [2.05, 4.69) is 15.1 Å². The molecule has 0 aliphatic rings. The van der Waals surface area contributed by atoms with Crippen molar-refractivity contribution in [1.82, 2.24) is 15.0 Å². The Kier molecular flexibility index (Phi) is 6.92. The van der Waals surface area contributed by atoms with Crippen molar-refractivity contribution in [1.29, 1.82) is 0 Å². The van der Waals surface area contributed by atoms with E-state index in [9.17, 15) is 4.79 Å². The lowest BCUT2D eigenvalue weighted by atomic mass is 10.2. The SMILES string of the molecule is O=C(CSc1nc2ccccc2n1Cc1ccccc1Cl)N/N=C\c1ccc(Cl)cc1.